The van der Waals surface area contributed by atoms with Gasteiger partial charge in [-0.3, -0.25) is 28.9 Å². The first kappa shape index (κ1) is 38.3. The van der Waals surface area contributed by atoms with Crippen LogP contribution in [-0.2, 0) is 33.4 Å². The summed E-state index contributed by atoms with van der Waals surface area (Å²) in [6.45, 7) is 9.39. The van der Waals surface area contributed by atoms with E-state index in [-0.39, 0.29) is 54.6 Å². The lowest BCUT2D eigenvalue weighted by Gasteiger charge is -2.39. The first-order valence-corrected chi connectivity index (χ1v) is 15.2. The van der Waals surface area contributed by atoms with Gasteiger partial charge in [0.15, 0.2) is 0 Å². The molecule has 0 saturated carbocycles. The van der Waals surface area contributed by atoms with E-state index >= 15 is 0 Å². The van der Waals surface area contributed by atoms with Crippen LogP contribution in [0.2, 0.25) is 0 Å². The predicted octanol–water partition coefficient (Wildman–Crippen LogP) is 0.810. The van der Waals surface area contributed by atoms with Crippen molar-refractivity contribution in [3.63, 3.8) is 0 Å². The van der Waals surface area contributed by atoms with Crippen LogP contribution in [0.15, 0.2) is 0 Å². The summed E-state index contributed by atoms with van der Waals surface area (Å²) in [5.74, 6) is -2.92. The number of aliphatic carboxylic acids is 1. The number of ether oxygens (including phenoxy) is 2. The molecule has 0 radical (unpaired) electrons. The number of methoxy groups -OCH3 is 2. The number of nitrogens with zero attached hydrogens (tertiary/aromatic N) is 3. The summed E-state index contributed by atoms with van der Waals surface area (Å²) in [7, 11) is 8.32. The van der Waals surface area contributed by atoms with E-state index in [4.69, 9.17) is 14.6 Å². The second-order valence-corrected chi connectivity index (χ2v) is 12.1. The summed E-state index contributed by atoms with van der Waals surface area (Å²) < 4.78 is 11.5. The van der Waals surface area contributed by atoms with E-state index in [1.54, 1.807) is 23.8 Å². The van der Waals surface area contributed by atoms with Crippen LogP contribution in [0.5, 0.6) is 0 Å². The van der Waals surface area contributed by atoms with E-state index in [1.807, 2.05) is 46.7 Å². The molecule has 7 unspecified atom stereocenters. The Kier molecular flexibility index (Phi) is 16.1. The molecule has 0 aliphatic carbocycles. The highest BCUT2D eigenvalue weighted by atomic mass is 16.5. The van der Waals surface area contributed by atoms with E-state index in [1.165, 1.54) is 14.2 Å². The average Bonchev–Trinajstić information content (AvgIpc) is 3.43. The van der Waals surface area contributed by atoms with Crippen LogP contribution >= 0.6 is 0 Å². The molecule has 0 aromatic rings. The van der Waals surface area contributed by atoms with Crippen molar-refractivity contribution in [1.29, 1.82) is 0 Å². The Morgan fingerprint density at radius 2 is 1.56 bits per heavy atom. The van der Waals surface area contributed by atoms with Crippen molar-refractivity contribution in [3.8, 4) is 0 Å². The molecule has 248 valence electrons. The predicted molar refractivity (Wildman–Crippen MR) is 162 cm³/mol. The standard InChI is InChI=1S/C30H55N5O8/c1-11-19(4)27(34(8)24(37)16-31-30(41)26(18(2)3)33(6)7)22(42-9)15-23(36)35-14-12-13-21(35)28(43-10)20(5)29(40)32-17-25(38)39/h18-22,26-28H,11-17H2,1-10H3,(H,31,41)(H,32,40)(H,38,39). The topological polar surface area (TPSA) is 158 Å². The van der Waals surface area contributed by atoms with Gasteiger partial charge in [-0.1, -0.05) is 41.0 Å². The monoisotopic (exact) mass is 613 g/mol. The highest BCUT2D eigenvalue weighted by molar-refractivity contribution is 5.88. The third-order valence-corrected chi connectivity index (χ3v) is 8.59. The summed E-state index contributed by atoms with van der Waals surface area (Å²) in [6.07, 6.45) is 0.870. The molecule has 3 N–H and O–H groups in total. The Bertz CT molecular complexity index is 938. The Morgan fingerprint density at radius 1 is 0.953 bits per heavy atom. The maximum atomic E-state index is 13.7. The number of carbonyl (C=O) groups excluding carboxylic acids is 4. The van der Waals surface area contributed by atoms with Crippen LogP contribution in [0.1, 0.15) is 60.3 Å². The lowest BCUT2D eigenvalue weighted by Crippen LogP contribution is -2.55. The molecule has 13 nitrogen and oxygen atoms in total. The molecule has 1 aliphatic rings. The van der Waals surface area contributed by atoms with Crippen molar-refractivity contribution >= 4 is 29.6 Å². The van der Waals surface area contributed by atoms with Crippen LogP contribution in [0.3, 0.4) is 0 Å². The summed E-state index contributed by atoms with van der Waals surface area (Å²) in [6, 6.07) is -1.18. The van der Waals surface area contributed by atoms with Gasteiger partial charge in [-0.15, -0.1) is 0 Å². The number of nitrogens with one attached hydrogen (secondary N) is 2. The SMILES string of the molecule is CCC(C)C(C(CC(=O)N1CCCC1C(OC)C(C)C(=O)NCC(=O)O)OC)N(C)C(=O)CNC(=O)C(C(C)C)N(C)C. The Morgan fingerprint density at radius 3 is 2.05 bits per heavy atom. The minimum Gasteiger partial charge on any atom is -0.480 e. The molecule has 0 aromatic heterocycles. The van der Waals surface area contributed by atoms with E-state index in [9.17, 15) is 24.0 Å². The zero-order chi connectivity index (χ0) is 33.0. The van der Waals surface area contributed by atoms with Gasteiger partial charge in [-0.05, 0) is 38.8 Å². The zero-order valence-corrected chi connectivity index (χ0v) is 27.7. The number of amides is 4. The van der Waals surface area contributed by atoms with Gasteiger partial charge in [0, 0.05) is 27.8 Å². The minimum absolute atomic E-state index is 0.00774. The van der Waals surface area contributed by atoms with Gasteiger partial charge in [0.1, 0.15) is 6.54 Å². The Labute approximate surface area is 257 Å². The first-order chi connectivity index (χ1) is 20.1. The molecule has 1 fully saturated rings. The third-order valence-electron chi connectivity index (χ3n) is 8.59. The second kappa shape index (κ2) is 18.1. The third kappa shape index (κ3) is 10.7. The molecule has 1 aliphatic heterocycles. The molecule has 43 heavy (non-hydrogen) atoms. The highest BCUT2D eigenvalue weighted by Crippen LogP contribution is 2.29. The van der Waals surface area contributed by atoms with Gasteiger partial charge in [-0.25, -0.2) is 0 Å². The van der Waals surface area contributed by atoms with Crippen LogP contribution in [0.25, 0.3) is 0 Å². The molecular weight excluding hydrogens is 558 g/mol. The largest absolute Gasteiger partial charge is 0.480 e. The molecule has 4 amide bonds. The molecule has 13 heteroatoms. The average molecular weight is 614 g/mol. The second-order valence-electron chi connectivity index (χ2n) is 12.1. The Hall–Kier alpha value is -2.77. The van der Waals surface area contributed by atoms with Crippen LogP contribution in [0.4, 0.5) is 0 Å². The minimum atomic E-state index is -1.15. The lowest BCUT2D eigenvalue weighted by atomic mass is 9.90. The number of rotatable bonds is 18. The molecule has 1 rings (SSSR count). The van der Waals surface area contributed by atoms with E-state index in [2.05, 4.69) is 10.6 Å². The maximum absolute atomic E-state index is 13.7. The first-order valence-electron chi connectivity index (χ1n) is 15.2. The number of hydrogen-bond acceptors (Lipinski definition) is 8. The number of likely N-dealkylation sites (tertiary alicyclic amines) is 1. The van der Waals surface area contributed by atoms with Gasteiger partial charge in [-0.2, -0.15) is 0 Å². The summed E-state index contributed by atoms with van der Waals surface area (Å²) in [5, 5.41) is 14.1. The molecule has 1 heterocycles. The van der Waals surface area contributed by atoms with Gasteiger partial charge in [0.25, 0.3) is 0 Å². The summed E-state index contributed by atoms with van der Waals surface area (Å²) in [5.41, 5.74) is 0. The Balaban J connectivity index is 3.06. The van der Waals surface area contributed by atoms with Gasteiger partial charge in [0.2, 0.25) is 23.6 Å². The fourth-order valence-corrected chi connectivity index (χ4v) is 6.17. The molecular formula is C30H55N5O8. The maximum Gasteiger partial charge on any atom is 0.322 e. The lowest BCUT2D eigenvalue weighted by molar-refractivity contribution is -0.146. The number of likely N-dealkylation sites (N-methyl/N-ethyl adjacent to an activating group) is 2. The summed E-state index contributed by atoms with van der Waals surface area (Å²) in [4.78, 5) is 68.4. The number of hydrogen-bond donors (Lipinski definition) is 3. The fraction of sp³-hybridized carbons (Fsp3) is 0.833. The van der Waals surface area contributed by atoms with Crippen molar-refractivity contribution in [2.45, 2.75) is 90.6 Å². The summed E-state index contributed by atoms with van der Waals surface area (Å²) >= 11 is 0. The van der Waals surface area contributed by atoms with Crippen LogP contribution < -0.4 is 10.6 Å². The van der Waals surface area contributed by atoms with Crippen molar-refractivity contribution in [1.82, 2.24) is 25.3 Å². The van der Waals surface area contributed by atoms with E-state index in [0.717, 1.165) is 12.8 Å². The number of carboxylic acids is 1. The number of carbonyl (C=O) groups is 5. The molecule has 0 spiro atoms. The fourth-order valence-electron chi connectivity index (χ4n) is 6.17. The van der Waals surface area contributed by atoms with E-state index < -0.39 is 42.6 Å². The highest BCUT2D eigenvalue weighted by Gasteiger charge is 2.42. The molecule has 1 saturated heterocycles. The van der Waals surface area contributed by atoms with Crippen molar-refractivity contribution in [2.75, 3.05) is 55.0 Å². The molecule has 7 atom stereocenters. The van der Waals surface area contributed by atoms with Crippen molar-refractivity contribution in [2.24, 2.45) is 17.8 Å². The van der Waals surface area contributed by atoms with E-state index in [0.29, 0.717) is 13.0 Å². The number of carboxylic acid groups (broad SMARTS) is 1. The smallest absolute Gasteiger partial charge is 0.322 e. The molecule has 0 bridgehead atoms. The zero-order valence-electron chi connectivity index (χ0n) is 27.7. The normalized spacial score (nSPS) is 19.3. The van der Waals surface area contributed by atoms with Gasteiger partial charge in [0.05, 0.1) is 49.2 Å². The van der Waals surface area contributed by atoms with Crippen molar-refractivity contribution in [3.05, 3.63) is 0 Å². The van der Waals surface area contributed by atoms with Crippen molar-refractivity contribution < 1.29 is 38.6 Å². The molecule has 0 aromatic carbocycles. The van der Waals surface area contributed by atoms with Gasteiger partial charge >= 0.3 is 5.97 Å². The van der Waals surface area contributed by atoms with Gasteiger partial charge < -0.3 is 35.0 Å². The van der Waals surface area contributed by atoms with Crippen LogP contribution in [-0.4, -0.2) is 135 Å². The van der Waals surface area contributed by atoms with Crippen LogP contribution in [0, 0.1) is 17.8 Å². The quantitative estimate of drug-likeness (QED) is 0.203.